The minimum Gasteiger partial charge on any atom is -0.390 e. The number of nitrogens with one attached hydrogen (secondary N) is 2. The third-order valence-corrected chi connectivity index (χ3v) is 7.93. The van der Waals surface area contributed by atoms with Crippen LogP contribution >= 0.6 is 11.3 Å². The highest BCUT2D eigenvalue weighted by atomic mass is 32.1. The highest BCUT2D eigenvalue weighted by molar-refractivity contribution is 7.21. The molecule has 2 aromatic heterocycles. The molecule has 2 heterocycles. The van der Waals surface area contributed by atoms with Crippen LogP contribution in [0.1, 0.15) is 31.5 Å². The van der Waals surface area contributed by atoms with Crippen LogP contribution in [0.3, 0.4) is 0 Å². The van der Waals surface area contributed by atoms with E-state index in [4.69, 9.17) is 9.97 Å². The van der Waals surface area contributed by atoms with Crippen LogP contribution in [0.2, 0.25) is 0 Å². The van der Waals surface area contributed by atoms with Gasteiger partial charge in [0.1, 0.15) is 22.7 Å². The molecule has 0 saturated heterocycles. The van der Waals surface area contributed by atoms with Crippen molar-refractivity contribution < 1.29 is 19.7 Å². The molecule has 0 unspecified atom stereocenters. The number of aliphatic hydroxyl groups excluding tert-OH is 2. The average molecular weight is 524 g/mol. The van der Waals surface area contributed by atoms with Gasteiger partial charge in [0.05, 0.1) is 39.2 Å². The number of fused-ring (bicyclic) bond motifs is 1. The smallest absolute Gasteiger partial charge is 0.225 e. The molecule has 5 N–H and O–H groups in total. The topological polar surface area (TPSA) is 123 Å². The summed E-state index contributed by atoms with van der Waals surface area (Å²) in [5.74, 6) is 0.0242. The normalized spacial score (nSPS) is 21.9. The summed E-state index contributed by atoms with van der Waals surface area (Å²) in [5, 5.41) is 39.2. The quantitative estimate of drug-likeness (QED) is 0.245. The molecule has 0 spiro atoms. The first-order chi connectivity index (χ1) is 17.6. The number of aryl methyl sites for hydroxylation is 1. The molecule has 1 aliphatic rings. The third kappa shape index (κ3) is 5.28. The Bertz CT molecular complexity index is 1370. The lowest BCUT2D eigenvalue weighted by atomic mass is 9.88. The van der Waals surface area contributed by atoms with Gasteiger partial charge in [0.2, 0.25) is 5.95 Å². The second-order valence-corrected chi connectivity index (χ2v) is 11.1. The summed E-state index contributed by atoms with van der Waals surface area (Å²) in [4.78, 5) is 14.2. The lowest BCUT2D eigenvalue weighted by Crippen LogP contribution is -2.40. The van der Waals surface area contributed by atoms with E-state index in [9.17, 15) is 19.7 Å². The van der Waals surface area contributed by atoms with Gasteiger partial charge in [-0.2, -0.15) is 4.98 Å². The minimum atomic E-state index is -1.16. The van der Waals surface area contributed by atoms with Crippen molar-refractivity contribution in [3.8, 4) is 10.6 Å². The molecule has 8 nitrogen and oxygen atoms in total. The van der Waals surface area contributed by atoms with Crippen LogP contribution in [0.4, 0.5) is 16.2 Å². The summed E-state index contributed by atoms with van der Waals surface area (Å²) in [7, 11) is 0. The number of para-hydroxylation sites is 1. The summed E-state index contributed by atoms with van der Waals surface area (Å²) in [6.07, 6.45) is -1.82. The fraction of sp³-hybridized carbons (Fsp3) is 0.370. The Kier molecular flexibility index (Phi) is 6.84. The predicted molar refractivity (Wildman–Crippen MR) is 143 cm³/mol. The third-order valence-electron chi connectivity index (χ3n) is 6.87. The van der Waals surface area contributed by atoms with Gasteiger partial charge in [-0.15, -0.1) is 11.3 Å². The molecule has 4 aromatic rings. The number of aromatic nitrogens is 3. The fourth-order valence-corrected chi connectivity index (χ4v) is 5.89. The van der Waals surface area contributed by atoms with E-state index in [0.29, 0.717) is 36.0 Å². The number of benzene rings is 2. The lowest BCUT2D eigenvalue weighted by molar-refractivity contribution is -0.0601. The molecule has 4 atom stereocenters. The first kappa shape index (κ1) is 25.5. The van der Waals surface area contributed by atoms with E-state index in [0.717, 1.165) is 20.8 Å². The molecule has 5 rings (SSSR count). The summed E-state index contributed by atoms with van der Waals surface area (Å²) < 4.78 is 14.3. The average Bonchev–Trinajstić information content (AvgIpc) is 3.39. The molecule has 1 saturated carbocycles. The monoisotopic (exact) mass is 523 g/mol. The van der Waals surface area contributed by atoms with Crippen LogP contribution < -0.4 is 10.6 Å². The SMILES string of the molecule is Cc1nc(NCc2ccc(F)cc2)nc(N[C@@H]2C[C@H](C(C)(C)O)[C@@H](O)[C@H]2O)c1-c1nc2ccccc2s1. The van der Waals surface area contributed by atoms with Crippen LogP contribution in [-0.4, -0.2) is 54.1 Å². The number of aliphatic hydroxyl groups is 3. The van der Waals surface area contributed by atoms with Crippen LogP contribution in [0, 0.1) is 18.7 Å². The van der Waals surface area contributed by atoms with Gasteiger partial charge in [0.25, 0.3) is 0 Å². The van der Waals surface area contributed by atoms with Crippen molar-refractivity contribution in [3.63, 3.8) is 0 Å². The number of hydrogen-bond acceptors (Lipinski definition) is 9. The van der Waals surface area contributed by atoms with Gasteiger partial charge < -0.3 is 26.0 Å². The molecule has 0 bridgehead atoms. The van der Waals surface area contributed by atoms with Gasteiger partial charge in [-0.1, -0.05) is 24.3 Å². The molecule has 1 aliphatic carbocycles. The Morgan fingerprint density at radius 1 is 1.03 bits per heavy atom. The van der Waals surface area contributed by atoms with Gasteiger partial charge in [-0.3, -0.25) is 0 Å². The molecule has 1 fully saturated rings. The molecule has 0 aliphatic heterocycles. The molecule has 0 radical (unpaired) electrons. The Morgan fingerprint density at radius 3 is 2.43 bits per heavy atom. The predicted octanol–water partition coefficient (Wildman–Crippen LogP) is 4.11. The largest absolute Gasteiger partial charge is 0.390 e. The van der Waals surface area contributed by atoms with E-state index >= 15 is 0 Å². The molecule has 10 heteroatoms. The van der Waals surface area contributed by atoms with Crippen LogP contribution in [-0.2, 0) is 6.54 Å². The Morgan fingerprint density at radius 2 is 1.76 bits per heavy atom. The minimum absolute atomic E-state index is 0.302. The van der Waals surface area contributed by atoms with E-state index in [1.807, 2.05) is 31.2 Å². The van der Waals surface area contributed by atoms with Crippen molar-refractivity contribution in [2.75, 3.05) is 10.6 Å². The van der Waals surface area contributed by atoms with Crippen LogP contribution in [0.5, 0.6) is 0 Å². The van der Waals surface area contributed by atoms with Gasteiger partial charge >= 0.3 is 0 Å². The maximum absolute atomic E-state index is 13.3. The van der Waals surface area contributed by atoms with E-state index in [1.54, 1.807) is 26.0 Å². The van der Waals surface area contributed by atoms with Crippen LogP contribution in [0.25, 0.3) is 20.8 Å². The van der Waals surface area contributed by atoms with Crippen molar-refractivity contribution in [1.82, 2.24) is 15.0 Å². The van der Waals surface area contributed by atoms with E-state index < -0.39 is 29.8 Å². The number of anilines is 2. The zero-order valence-corrected chi connectivity index (χ0v) is 21.6. The molecular formula is C27H30FN5O3S. The summed E-state index contributed by atoms with van der Waals surface area (Å²) in [5.41, 5.74) is 1.97. The van der Waals surface area contributed by atoms with E-state index in [2.05, 4.69) is 15.6 Å². The maximum atomic E-state index is 13.3. The standard InChI is InChI=1S/C27H30FN5O3S/c1-14-21(25-32-18-6-4-5-7-20(18)37-25)24(31-19-12-17(27(2,3)36)22(34)23(19)35)33-26(30-14)29-13-15-8-10-16(28)11-9-15/h4-11,17,19,22-23,34-36H,12-13H2,1-3H3,(H2,29,30,31,33)/t17-,19+,22+,23-/m0/s1. The number of hydrogen-bond donors (Lipinski definition) is 5. The second-order valence-electron chi connectivity index (χ2n) is 10.1. The van der Waals surface area contributed by atoms with Crippen molar-refractivity contribution in [2.24, 2.45) is 5.92 Å². The van der Waals surface area contributed by atoms with Crippen molar-refractivity contribution >= 4 is 33.3 Å². The van der Waals surface area contributed by atoms with E-state index in [1.165, 1.54) is 23.5 Å². The first-order valence-electron chi connectivity index (χ1n) is 12.2. The molecular weight excluding hydrogens is 493 g/mol. The fourth-order valence-electron chi connectivity index (χ4n) is 4.83. The van der Waals surface area contributed by atoms with E-state index in [-0.39, 0.29) is 5.82 Å². The number of nitrogens with zero attached hydrogens (tertiary/aromatic N) is 3. The number of rotatable bonds is 7. The Balaban J connectivity index is 1.50. The van der Waals surface area contributed by atoms with Gasteiger partial charge in [-0.05, 0) is 57.0 Å². The van der Waals surface area contributed by atoms with Crippen molar-refractivity contribution in [1.29, 1.82) is 0 Å². The summed E-state index contributed by atoms with van der Waals surface area (Å²) in [6.45, 7) is 5.53. The first-order valence-corrected chi connectivity index (χ1v) is 13.0. The zero-order chi connectivity index (χ0) is 26.3. The molecule has 2 aromatic carbocycles. The maximum Gasteiger partial charge on any atom is 0.225 e. The lowest BCUT2D eigenvalue weighted by Gasteiger charge is -2.28. The number of halogens is 1. The highest BCUT2D eigenvalue weighted by Crippen LogP contribution is 2.40. The second kappa shape index (κ2) is 9.94. The van der Waals surface area contributed by atoms with Gasteiger partial charge in [-0.25, -0.2) is 14.4 Å². The highest BCUT2D eigenvalue weighted by Gasteiger charge is 2.48. The molecule has 194 valence electrons. The van der Waals surface area contributed by atoms with Gasteiger partial charge in [0, 0.05) is 12.5 Å². The summed E-state index contributed by atoms with van der Waals surface area (Å²) >= 11 is 1.52. The Hall–Kier alpha value is -3.18. The van der Waals surface area contributed by atoms with Crippen molar-refractivity contribution in [2.45, 2.75) is 57.6 Å². The van der Waals surface area contributed by atoms with Crippen molar-refractivity contribution in [3.05, 3.63) is 65.6 Å². The van der Waals surface area contributed by atoms with Crippen LogP contribution in [0.15, 0.2) is 48.5 Å². The summed E-state index contributed by atoms with van der Waals surface area (Å²) in [6, 6.07) is 13.5. The number of thiazole rings is 1. The molecule has 37 heavy (non-hydrogen) atoms. The van der Waals surface area contributed by atoms with Gasteiger partial charge in [0.15, 0.2) is 0 Å². The molecule has 0 amide bonds. The Labute approximate surface area is 218 Å². The zero-order valence-electron chi connectivity index (χ0n) is 20.8.